The predicted molar refractivity (Wildman–Crippen MR) is 124 cm³/mol. The first-order chi connectivity index (χ1) is 16.4. The van der Waals surface area contributed by atoms with Gasteiger partial charge >= 0.3 is 6.18 Å². The Balaban J connectivity index is 1.73. The van der Waals surface area contributed by atoms with Crippen molar-refractivity contribution in [3.05, 3.63) is 102 Å². The number of thiazole rings is 1. The van der Waals surface area contributed by atoms with Crippen LogP contribution in [0, 0.1) is 11.2 Å². The lowest BCUT2D eigenvalue weighted by molar-refractivity contribution is -0.137. The van der Waals surface area contributed by atoms with E-state index in [1.165, 1.54) is 47.0 Å². The average Bonchev–Trinajstić information content (AvgIpc) is 3.06. The monoisotopic (exact) mass is 500 g/mol. The molecule has 180 valence electrons. The molecule has 35 heavy (non-hydrogen) atoms. The molecule has 1 unspecified atom stereocenters. The number of ketones is 1. The highest BCUT2D eigenvalue weighted by Crippen LogP contribution is 2.43. The van der Waals surface area contributed by atoms with Crippen LogP contribution in [0.1, 0.15) is 49.4 Å². The second-order valence-electron chi connectivity index (χ2n) is 9.56. The molecule has 1 aromatic heterocycles. The molecule has 5 rings (SSSR count). The van der Waals surface area contributed by atoms with Crippen molar-refractivity contribution in [3.63, 3.8) is 0 Å². The third kappa shape index (κ3) is 4.29. The van der Waals surface area contributed by atoms with Crippen molar-refractivity contribution in [1.29, 1.82) is 0 Å². The number of aromatic nitrogens is 1. The first-order valence-electron chi connectivity index (χ1n) is 10.9. The summed E-state index contributed by atoms with van der Waals surface area (Å²) >= 11 is 1.06. The van der Waals surface area contributed by atoms with Crippen LogP contribution in [0.4, 0.5) is 17.6 Å². The lowest BCUT2D eigenvalue weighted by Crippen LogP contribution is -2.42. The van der Waals surface area contributed by atoms with Crippen LogP contribution in [-0.2, 0) is 11.0 Å². The van der Waals surface area contributed by atoms with E-state index in [0.717, 1.165) is 23.5 Å². The Bertz CT molecular complexity index is 1560. The number of hydrogen-bond donors (Lipinski definition) is 0. The number of carbonyl (C=O) groups is 1. The zero-order valence-corrected chi connectivity index (χ0v) is 19.6. The highest BCUT2D eigenvalue weighted by Gasteiger charge is 2.40. The minimum atomic E-state index is -4.51. The first-order valence-corrected chi connectivity index (χ1v) is 11.8. The van der Waals surface area contributed by atoms with Crippen LogP contribution in [0.5, 0.6) is 0 Å². The summed E-state index contributed by atoms with van der Waals surface area (Å²) in [4.78, 5) is 31.7. The number of nitrogens with zero attached hydrogens (tertiary/aromatic N) is 2. The van der Waals surface area contributed by atoms with E-state index in [2.05, 4.69) is 4.99 Å². The van der Waals surface area contributed by atoms with E-state index in [4.69, 9.17) is 0 Å². The van der Waals surface area contributed by atoms with Crippen molar-refractivity contribution in [2.75, 3.05) is 0 Å². The van der Waals surface area contributed by atoms with E-state index < -0.39 is 29.2 Å². The third-order valence-electron chi connectivity index (χ3n) is 6.19. The lowest BCUT2D eigenvalue weighted by Gasteiger charge is -2.35. The number of hydrogen-bond acceptors (Lipinski definition) is 4. The molecule has 1 aliphatic heterocycles. The van der Waals surface area contributed by atoms with E-state index in [1.807, 2.05) is 13.8 Å². The van der Waals surface area contributed by atoms with Gasteiger partial charge in [-0.05, 0) is 53.3 Å². The number of halogens is 4. The number of fused-ring (bicyclic) bond motifs is 1. The lowest BCUT2D eigenvalue weighted by atomic mass is 9.73. The predicted octanol–water partition coefficient (Wildman–Crippen LogP) is 4.76. The minimum Gasteiger partial charge on any atom is -0.294 e. The number of carbonyl (C=O) groups excluding carboxylic acids is 1. The van der Waals surface area contributed by atoms with Crippen LogP contribution < -0.4 is 14.9 Å². The average molecular weight is 501 g/mol. The third-order valence-corrected chi connectivity index (χ3v) is 7.18. The Hall–Kier alpha value is -3.33. The molecular formula is C26H20F4N2O2S. The summed E-state index contributed by atoms with van der Waals surface area (Å²) in [5.41, 5.74) is 0.204. The number of allylic oxidation sites excluding steroid dienone is 2. The van der Waals surface area contributed by atoms with Crippen molar-refractivity contribution in [2.24, 2.45) is 10.4 Å². The summed E-state index contributed by atoms with van der Waals surface area (Å²) < 4.78 is 54.7. The van der Waals surface area contributed by atoms with Gasteiger partial charge in [-0.2, -0.15) is 13.2 Å². The highest BCUT2D eigenvalue weighted by atomic mass is 32.1. The van der Waals surface area contributed by atoms with Gasteiger partial charge in [0.2, 0.25) is 0 Å². The topological polar surface area (TPSA) is 51.4 Å². The van der Waals surface area contributed by atoms with Crippen LogP contribution in [0.25, 0.3) is 6.08 Å². The van der Waals surface area contributed by atoms with Crippen molar-refractivity contribution in [1.82, 2.24) is 4.57 Å². The van der Waals surface area contributed by atoms with Gasteiger partial charge in [-0.3, -0.25) is 14.2 Å². The Morgan fingerprint density at radius 3 is 2.49 bits per heavy atom. The molecule has 2 heterocycles. The summed E-state index contributed by atoms with van der Waals surface area (Å²) in [5.74, 6) is -0.572. The van der Waals surface area contributed by atoms with Crippen molar-refractivity contribution >= 4 is 23.2 Å². The second kappa shape index (κ2) is 8.12. The van der Waals surface area contributed by atoms with Gasteiger partial charge in [-0.25, -0.2) is 9.38 Å². The maximum Gasteiger partial charge on any atom is 0.416 e. The van der Waals surface area contributed by atoms with Gasteiger partial charge in [0.15, 0.2) is 10.6 Å². The van der Waals surface area contributed by atoms with Gasteiger partial charge in [0, 0.05) is 12.0 Å². The fourth-order valence-electron chi connectivity index (χ4n) is 4.67. The molecule has 1 atom stereocenters. The Kier molecular flexibility index (Phi) is 5.43. The van der Waals surface area contributed by atoms with E-state index in [-0.39, 0.29) is 27.7 Å². The zero-order chi connectivity index (χ0) is 25.1. The highest BCUT2D eigenvalue weighted by molar-refractivity contribution is 7.07. The molecule has 9 heteroatoms. The van der Waals surface area contributed by atoms with E-state index in [0.29, 0.717) is 28.1 Å². The van der Waals surface area contributed by atoms with E-state index in [1.54, 1.807) is 0 Å². The number of alkyl halides is 3. The van der Waals surface area contributed by atoms with Gasteiger partial charge in [-0.1, -0.05) is 49.4 Å². The SMILES string of the molecule is CC1(C)CC(=O)C2=C(C1)N=c1s/c(=C/c3cccc(C(F)(F)F)c3)c(=O)n1C2c1ccc(F)cc1. The molecule has 0 N–H and O–H groups in total. The second-order valence-corrected chi connectivity index (χ2v) is 10.6. The van der Waals surface area contributed by atoms with E-state index in [9.17, 15) is 27.2 Å². The van der Waals surface area contributed by atoms with Crippen LogP contribution in [-0.4, -0.2) is 10.4 Å². The van der Waals surface area contributed by atoms with Crippen LogP contribution >= 0.6 is 11.3 Å². The van der Waals surface area contributed by atoms with Gasteiger partial charge in [-0.15, -0.1) is 0 Å². The molecule has 0 spiro atoms. The fraction of sp³-hybridized carbons (Fsp3) is 0.269. The molecule has 0 bridgehead atoms. The van der Waals surface area contributed by atoms with Crippen molar-refractivity contribution in [3.8, 4) is 0 Å². The van der Waals surface area contributed by atoms with Crippen LogP contribution in [0.3, 0.4) is 0 Å². The van der Waals surface area contributed by atoms with Crippen molar-refractivity contribution < 1.29 is 22.4 Å². The summed E-state index contributed by atoms with van der Waals surface area (Å²) in [5, 5.41) is 0. The molecular weight excluding hydrogens is 480 g/mol. The Morgan fingerprint density at radius 2 is 1.80 bits per heavy atom. The standard InChI is InChI=1S/C26H20F4N2O2S/c1-25(2)12-18-21(19(33)13-25)22(15-6-8-17(27)9-7-15)32-23(34)20(35-24(32)31-18)11-14-4-3-5-16(10-14)26(28,29)30/h3-11,22H,12-13H2,1-2H3/b20-11+. The molecule has 1 aliphatic carbocycles. The van der Waals surface area contributed by atoms with Gasteiger partial charge in [0.05, 0.1) is 21.8 Å². The van der Waals surface area contributed by atoms with Gasteiger partial charge in [0.1, 0.15) is 5.82 Å². The Morgan fingerprint density at radius 1 is 1.09 bits per heavy atom. The van der Waals surface area contributed by atoms with Crippen molar-refractivity contribution in [2.45, 2.75) is 38.9 Å². The molecule has 0 amide bonds. The summed E-state index contributed by atoms with van der Waals surface area (Å²) in [6, 6.07) is 9.54. The van der Waals surface area contributed by atoms with E-state index >= 15 is 0 Å². The van der Waals surface area contributed by atoms with Gasteiger partial charge < -0.3 is 0 Å². The number of rotatable bonds is 2. The molecule has 0 saturated carbocycles. The maximum atomic E-state index is 13.7. The number of benzene rings is 2. The summed E-state index contributed by atoms with van der Waals surface area (Å²) in [6.45, 7) is 3.94. The largest absolute Gasteiger partial charge is 0.416 e. The smallest absolute Gasteiger partial charge is 0.294 e. The normalized spacial score (nSPS) is 19.9. The maximum absolute atomic E-state index is 13.7. The fourth-order valence-corrected chi connectivity index (χ4v) is 5.69. The van der Waals surface area contributed by atoms with Crippen LogP contribution in [0.15, 0.2) is 69.6 Å². The molecule has 2 aliphatic rings. The molecule has 3 aromatic rings. The summed E-state index contributed by atoms with van der Waals surface area (Å²) in [7, 11) is 0. The summed E-state index contributed by atoms with van der Waals surface area (Å²) in [6.07, 6.45) is -2.29. The van der Waals surface area contributed by atoms with Crippen LogP contribution in [0.2, 0.25) is 0 Å². The molecule has 2 aromatic carbocycles. The quantitative estimate of drug-likeness (QED) is 0.477. The zero-order valence-electron chi connectivity index (χ0n) is 18.8. The molecule has 0 fully saturated rings. The molecule has 4 nitrogen and oxygen atoms in total. The first kappa shape index (κ1) is 23.4. The minimum absolute atomic E-state index is 0.124. The molecule has 0 saturated heterocycles. The number of Topliss-reactive ketones (excluding diaryl/α,β-unsaturated/α-hetero) is 1. The van der Waals surface area contributed by atoms with Gasteiger partial charge in [0.25, 0.3) is 5.56 Å². The Labute approximate surface area is 201 Å². The molecule has 0 radical (unpaired) electrons.